The van der Waals surface area contributed by atoms with Crippen LogP contribution in [-0.4, -0.2) is 39.0 Å². The third kappa shape index (κ3) is 4.69. The number of halogens is 2. The molecular formula is C23H24ClFN2O5S. The Bertz CT molecular complexity index is 1120. The minimum Gasteiger partial charge on any atom is -0.496 e. The Morgan fingerprint density at radius 3 is 2.33 bits per heavy atom. The van der Waals surface area contributed by atoms with Gasteiger partial charge in [-0.25, -0.2) is 9.18 Å². The molecule has 1 unspecified atom stereocenters. The molecule has 10 heteroatoms. The van der Waals surface area contributed by atoms with E-state index in [9.17, 15) is 9.18 Å². The van der Waals surface area contributed by atoms with Crippen LogP contribution in [0, 0.1) is 5.82 Å². The lowest BCUT2D eigenvalue weighted by molar-refractivity contribution is -0.139. The number of hydrogen-bond acceptors (Lipinski definition) is 6. The average Bonchev–Trinajstić information content (AvgIpc) is 2.80. The molecule has 0 amide bonds. The Labute approximate surface area is 202 Å². The van der Waals surface area contributed by atoms with Crippen LogP contribution in [0.4, 0.5) is 10.1 Å². The lowest BCUT2D eigenvalue weighted by Crippen LogP contribution is -2.48. The molecular weight excluding hydrogens is 471 g/mol. The van der Waals surface area contributed by atoms with E-state index in [2.05, 4.69) is 5.32 Å². The topological polar surface area (TPSA) is 69.3 Å². The highest BCUT2D eigenvalue weighted by Gasteiger charge is 2.37. The van der Waals surface area contributed by atoms with Crippen molar-refractivity contribution in [2.75, 3.05) is 32.8 Å². The molecule has 0 spiro atoms. The zero-order valence-electron chi connectivity index (χ0n) is 18.8. The van der Waals surface area contributed by atoms with Crippen molar-refractivity contribution in [1.29, 1.82) is 0 Å². The molecule has 0 bridgehead atoms. The number of carbonyl (C=O) groups excluding carboxylic acids is 1. The van der Waals surface area contributed by atoms with Gasteiger partial charge in [0, 0.05) is 23.0 Å². The van der Waals surface area contributed by atoms with Crippen LogP contribution in [0.15, 0.2) is 41.6 Å². The van der Waals surface area contributed by atoms with Crippen molar-refractivity contribution in [1.82, 2.24) is 5.32 Å². The number of methoxy groups -OCH3 is 3. The minimum atomic E-state index is -0.710. The standard InChI is InChI=1S/C23H24ClFN2O5S/c1-6-32-22(28)20-12(2)27(13-7-8-16(25)15(24)9-13)23(33)26-21(20)14-10-18(30-4)19(31-5)11-17(14)29-3/h7-11,21H,6H2,1-5H3,(H,26,33). The SMILES string of the molecule is CCOC(=O)C1=C(C)N(c2ccc(F)c(Cl)c2)C(=S)NC1c1cc(OC)c(OC)cc1OC. The maximum Gasteiger partial charge on any atom is 0.338 e. The Kier molecular flexibility index (Phi) is 7.65. The summed E-state index contributed by atoms with van der Waals surface area (Å²) in [5, 5.41) is 3.40. The van der Waals surface area contributed by atoms with E-state index in [1.807, 2.05) is 0 Å². The van der Waals surface area contributed by atoms with Crippen LogP contribution in [0.3, 0.4) is 0 Å². The Morgan fingerprint density at radius 2 is 1.76 bits per heavy atom. The lowest BCUT2D eigenvalue weighted by Gasteiger charge is -2.38. The zero-order valence-corrected chi connectivity index (χ0v) is 20.4. The summed E-state index contributed by atoms with van der Waals surface area (Å²) in [5.74, 6) is 0.287. The number of carbonyl (C=O) groups is 1. The molecule has 1 heterocycles. The summed E-state index contributed by atoms with van der Waals surface area (Å²) in [4.78, 5) is 14.7. The van der Waals surface area contributed by atoms with Gasteiger partial charge in [0.2, 0.25) is 0 Å². The van der Waals surface area contributed by atoms with Crippen LogP contribution in [0.5, 0.6) is 17.2 Å². The van der Waals surface area contributed by atoms with E-state index in [0.717, 1.165) is 0 Å². The Hall–Kier alpha value is -3.04. The Balaban J connectivity index is 2.23. The van der Waals surface area contributed by atoms with Crippen molar-refractivity contribution in [3.63, 3.8) is 0 Å². The minimum absolute atomic E-state index is 0.0653. The largest absolute Gasteiger partial charge is 0.496 e. The number of thiocarbonyl (C=S) groups is 1. The fraction of sp³-hybridized carbons (Fsp3) is 0.304. The van der Waals surface area contributed by atoms with Gasteiger partial charge in [0.1, 0.15) is 11.6 Å². The molecule has 3 rings (SSSR count). The molecule has 1 aliphatic heterocycles. The van der Waals surface area contributed by atoms with Gasteiger partial charge in [0.25, 0.3) is 0 Å². The van der Waals surface area contributed by atoms with Gasteiger partial charge in [0.15, 0.2) is 16.6 Å². The number of allylic oxidation sites excluding steroid dienone is 1. The fourth-order valence-electron chi connectivity index (χ4n) is 3.66. The summed E-state index contributed by atoms with van der Waals surface area (Å²) >= 11 is 11.6. The van der Waals surface area contributed by atoms with E-state index in [4.69, 9.17) is 42.8 Å². The normalized spacial score (nSPS) is 15.8. The number of ether oxygens (including phenoxy) is 4. The molecule has 1 aliphatic rings. The summed E-state index contributed by atoms with van der Waals surface area (Å²) in [5.41, 5.74) is 1.89. The smallest absolute Gasteiger partial charge is 0.338 e. The highest BCUT2D eigenvalue weighted by atomic mass is 35.5. The third-order valence-corrected chi connectivity index (χ3v) is 5.78. The zero-order chi connectivity index (χ0) is 24.3. The van der Waals surface area contributed by atoms with Crippen molar-refractivity contribution in [3.05, 3.63) is 58.0 Å². The Morgan fingerprint density at radius 1 is 1.12 bits per heavy atom. The quantitative estimate of drug-likeness (QED) is 0.436. The van der Waals surface area contributed by atoms with Gasteiger partial charge in [-0.15, -0.1) is 0 Å². The van der Waals surface area contributed by atoms with E-state index >= 15 is 0 Å². The van der Waals surface area contributed by atoms with Gasteiger partial charge in [-0.3, -0.25) is 4.90 Å². The van der Waals surface area contributed by atoms with Crippen LogP contribution < -0.4 is 24.4 Å². The van der Waals surface area contributed by atoms with Crippen molar-refractivity contribution < 1.29 is 28.1 Å². The monoisotopic (exact) mass is 494 g/mol. The number of rotatable bonds is 7. The van der Waals surface area contributed by atoms with E-state index in [1.165, 1.54) is 39.5 Å². The van der Waals surface area contributed by atoms with E-state index in [-0.39, 0.29) is 16.7 Å². The second kappa shape index (κ2) is 10.3. The molecule has 33 heavy (non-hydrogen) atoms. The molecule has 2 aromatic rings. The summed E-state index contributed by atoms with van der Waals surface area (Å²) in [6.45, 7) is 3.63. The highest BCUT2D eigenvalue weighted by Crippen LogP contribution is 2.42. The predicted octanol–water partition coefficient (Wildman–Crippen LogP) is 4.78. The summed E-state index contributed by atoms with van der Waals surface area (Å²) in [6.07, 6.45) is 0. The molecule has 0 saturated carbocycles. The highest BCUT2D eigenvalue weighted by molar-refractivity contribution is 7.80. The number of nitrogens with one attached hydrogen (secondary N) is 1. The first-order chi connectivity index (χ1) is 15.8. The molecule has 176 valence electrons. The van der Waals surface area contributed by atoms with E-state index < -0.39 is 17.8 Å². The average molecular weight is 495 g/mol. The second-order valence-electron chi connectivity index (χ2n) is 6.99. The molecule has 0 saturated heterocycles. The van der Waals surface area contributed by atoms with Gasteiger partial charge < -0.3 is 24.3 Å². The van der Waals surface area contributed by atoms with E-state index in [0.29, 0.717) is 39.8 Å². The van der Waals surface area contributed by atoms with Crippen LogP contribution >= 0.6 is 23.8 Å². The molecule has 0 radical (unpaired) electrons. The van der Waals surface area contributed by atoms with E-state index in [1.54, 1.807) is 30.9 Å². The number of anilines is 1. The summed E-state index contributed by atoms with van der Waals surface area (Å²) in [7, 11) is 4.55. The first kappa shape index (κ1) is 24.6. The third-order valence-electron chi connectivity index (χ3n) is 5.19. The molecule has 2 aromatic carbocycles. The number of hydrogen-bond donors (Lipinski definition) is 1. The molecule has 1 N–H and O–H groups in total. The van der Waals surface area contributed by atoms with Crippen molar-refractivity contribution >= 4 is 40.6 Å². The van der Waals surface area contributed by atoms with Crippen molar-refractivity contribution in [2.45, 2.75) is 19.9 Å². The number of esters is 1. The summed E-state index contributed by atoms with van der Waals surface area (Å²) < 4.78 is 35.5. The number of nitrogens with zero attached hydrogens (tertiary/aromatic N) is 1. The van der Waals surface area contributed by atoms with Gasteiger partial charge in [-0.2, -0.15) is 0 Å². The molecule has 0 aromatic heterocycles. The van der Waals surface area contributed by atoms with Gasteiger partial charge in [0.05, 0.1) is 44.6 Å². The van der Waals surface area contributed by atoms with Crippen molar-refractivity contribution in [2.24, 2.45) is 0 Å². The predicted molar refractivity (Wildman–Crippen MR) is 128 cm³/mol. The van der Waals surface area contributed by atoms with Gasteiger partial charge in [-0.1, -0.05) is 11.6 Å². The molecule has 1 atom stereocenters. The second-order valence-corrected chi connectivity index (χ2v) is 7.78. The molecule has 0 aliphatic carbocycles. The van der Waals surface area contributed by atoms with Crippen LogP contribution in [0.1, 0.15) is 25.5 Å². The fourth-order valence-corrected chi connectivity index (χ4v) is 4.20. The van der Waals surface area contributed by atoms with Crippen molar-refractivity contribution in [3.8, 4) is 17.2 Å². The lowest BCUT2D eigenvalue weighted by atomic mass is 9.93. The van der Waals surface area contributed by atoms with Gasteiger partial charge >= 0.3 is 5.97 Å². The first-order valence-electron chi connectivity index (χ1n) is 10.0. The summed E-state index contributed by atoms with van der Waals surface area (Å²) in [6, 6.07) is 6.88. The molecule has 0 fully saturated rings. The van der Waals surface area contributed by atoms with Crippen LogP contribution in [0.25, 0.3) is 0 Å². The number of benzene rings is 2. The van der Waals surface area contributed by atoms with Crippen LogP contribution in [-0.2, 0) is 9.53 Å². The first-order valence-corrected chi connectivity index (χ1v) is 10.8. The van der Waals surface area contributed by atoms with Gasteiger partial charge in [-0.05, 0) is 50.3 Å². The maximum absolute atomic E-state index is 13.7. The van der Waals surface area contributed by atoms with Crippen LogP contribution in [0.2, 0.25) is 5.02 Å². The maximum atomic E-state index is 13.7. The molecule has 7 nitrogen and oxygen atoms in total.